The number of ether oxygens (including phenoxy) is 1. The van der Waals surface area contributed by atoms with Gasteiger partial charge in [0, 0.05) is 0 Å². The van der Waals surface area contributed by atoms with Gasteiger partial charge in [-0.25, -0.2) is 9.78 Å². The summed E-state index contributed by atoms with van der Waals surface area (Å²) >= 11 is 0. The molecule has 1 aromatic heterocycles. The standard InChI is InChI=1S/C15H23NO3/c1-4-6-7-8-9-10-11-13-16-14(12(3)19-13)15(17)18-5-2/h10-11H,4-9H2,1-3H3/b11-10-. The van der Waals surface area contributed by atoms with Gasteiger partial charge in [0.2, 0.25) is 5.89 Å². The SMILES string of the molecule is CCCCCC/C=C\c1nc(C(=O)OCC)c(C)o1. The summed E-state index contributed by atoms with van der Waals surface area (Å²) in [7, 11) is 0. The number of rotatable bonds is 8. The first kappa shape index (κ1) is 15.5. The van der Waals surface area contributed by atoms with E-state index < -0.39 is 5.97 Å². The van der Waals surface area contributed by atoms with Crippen molar-refractivity contribution in [1.29, 1.82) is 0 Å². The first-order valence-corrected chi connectivity index (χ1v) is 7.00. The van der Waals surface area contributed by atoms with Crippen molar-refractivity contribution in [3.8, 4) is 0 Å². The number of carbonyl (C=O) groups is 1. The van der Waals surface area contributed by atoms with Crippen molar-refractivity contribution < 1.29 is 13.9 Å². The first-order chi connectivity index (χ1) is 9.19. The molecule has 0 bridgehead atoms. The summed E-state index contributed by atoms with van der Waals surface area (Å²) in [5, 5.41) is 0. The number of hydrogen-bond donors (Lipinski definition) is 0. The Balaban J connectivity index is 2.49. The Labute approximate surface area is 114 Å². The average molecular weight is 265 g/mol. The highest BCUT2D eigenvalue weighted by Gasteiger charge is 2.16. The highest BCUT2D eigenvalue weighted by atomic mass is 16.5. The molecule has 1 heterocycles. The molecule has 0 saturated heterocycles. The van der Waals surface area contributed by atoms with Crippen LogP contribution in [-0.2, 0) is 4.74 Å². The molecule has 0 amide bonds. The molecule has 0 fully saturated rings. The number of carbonyl (C=O) groups excluding carboxylic acids is 1. The van der Waals surface area contributed by atoms with Crippen LogP contribution in [0.4, 0.5) is 0 Å². The summed E-state index contributed by atoms with van der Waals surface area (Å²) in [6.07, 6.45) is 9.81. The number of oxazole rings is 1. The minimum absolute atomic E-state index is 0.271. The van der Waals surface area contributed by atoms with Crippen LogP contribution in [0.15, 0.2) is 10.5 Å². The topological polar surface area (TPSA) is 52.3 Å². The zero-order valence-electron chi connectivity index (χ0n) is 12.1. The molecular formula is C15H23NO3. The molecule has 19 heavy (non-hydrogen) atoms. The normalized spacial score (nSPS) is 11.1. The minimum atomic E-state index is -0.425. The fourth-order valence-electron chi connectivity index (χ4n) is 1.75. The Kier molecular flexibility index (Phi) is 6.93. The summed E-state index contributed by atoms with van der Waals surface area (Å²) in [5.74, 6) is 0.548. The maximum absolute atomic E-state index is 11.6. The molecule has 0 atom stereocenters. The summed E-state index contributed by atoms with van der Waals surface area (Å²) in [5.41, 5.74) is 0.271. The van der Waals surface area contributed by atoms with Crippen molar-refractivity contribution >= 4 is 12.0 Å². The van der Waals surface area contributed by atoms with E-state index >= 15 is 0 Å². The molecule has 1 rings (SSSR count). The van der Waals surface area contributed by atoms with E-state index in [2.05, 4.69) is 11.9 Å². The van der Waals surface area contributed by atoms with Gasteiger partial charge in [0.15, 0.2) is 5.69 Å². The lowest BCUT2D eigenvalue weighted by Gasteiger charge is -1.96. The number of esters is 1. The molecule has 0 aliphatic carbocycles. The number of aromatic nitrogens is 1. The summed E-state index contributed by atoms with van der Waals surface area (Å²) < 4.78 is 10.3. The van der Waals surface area contributed by atoms with Crippen LogP contribution in [0.2, 0.25) is 0 Å². The average Bonchev–Trinajstić information content (AvgIpc) is 2.75. The second-order valence-corrected chi connectivity index (χ2v) is 4.43. The molecule has 0 aliphatic heterocycles. The molecule has 0 aromatic carbocycles. The molecule has 106 valence electrons. The Bertz CT molecular complexity index is 421. The molecule has 0 unspecified atom stereocenters. The van der Waals surface area contributed by atoms with Gasteiger partial charge >= 0.3 is 5.97 Å². The summed E-state index contributed by atoms with van der Waals surface area (Å²) in [6.45, 7) is 6.03. The molecule has 4 heteroatoms. The van der Waals surface area contributed by atoms with Gasteiger partial charge in [-0.05, 0) is 32.8 Å². The minimum Gasteiger partial charge on any atom is -0.461 e. The highest BCUT2D eigenvalue weighted by molar-refractivity contribution is 5.88. The fourth-order valence-corrected chi connectivity index (χ4v) is 1.75. The van der Waals surface area contributed by atoms with Crippen molar-refractivity contribution in [3.63, 3.8) is 0 Å². The van der Waals surface area contributed by atoms with Crippen molar-refractivity contribution in [3.05, 3.63) is 23.4 Å². The van der Waals surface area contributed by atoms with E-state index in [1.807, 2.05) is 12.2 Å². The second-order valence-electron chi connectivity index (χ2n) is 4.43. The summed E-state index contributed by atoms with van der Waals surface area (Å²) in [6, 6.07) is 0. The van der Waals surface area contributed by atoms with Crippen molar-refractivity contribution in [2.45, 2.75) is 52.9 Å². The van der Waals surface area contributed by atoms with Crippen LogP contribution in [0, 0.1) is 6.92 Å². The Morgan fingerprint density at radius 2 is 2.11 bits per heavy atom. The summed E-state index contributed by atoms with van der Waals surface area (Å²) in [4.78, 5) is 15.7. The molecular weight excluding hydrogens is 242 g/mol. The Hall–Kier alpha value is -1.58. The molecule has 4 nitrogen and oxygen atoms in total. The van der Waals surface area contributed by atoms with Crippen LogP contribution < -0.4 is 0 Å². The van der Waals surface area contributed by atoms with Crippen LogP contribution in [0.1, 0.15) is 68.1 Å². The van der Waals surface area contributed by atoms with E-state index in [1.165, 1.54) is 25.7 Å². The zero-order valence-corrected chi connectivity index (χ0v) is 12.1. The maximum atomic E-state index is 11.6. The monoisotopic (exact) mass is 265 g/mol. The van der Waals surface area contributed by atoms with Gasteiger partial charge < -0.3 is 9.15 Å². The second kappa shape index (κ2) is 8.51. The van der Waals surface area contributed by atoms with E-state index in [4.69, 9.17) is 9.15 Å². The van der Waals surface area contributed by atoms with E-state index in [-0.39, 0.29) is 5.69 Å². The highest BCUT2D eigenvalue weighted by Crippen LogP contribution is 2.13. The number of unbranched alkanes of at least 4 members (excludes halogenated alkanes) is 4. The number of allylic oxidation sites excluding steroid dienone is 1. The molecule has 1 aromatic rings. The predicted octanol–water partition coefficient (Wildman–Crippen LogP) is 4.14. The largest absolute Gasteiger partial charge is 0.461 e. The van der Waals surface area contributed by atoms with Gasteiger partial charge in [-0.1, -0.05) is 32.3 Å². The lowest BCUT2D eigenvalue weighted by Crippen LogP contribution is -2.06. The van der Waals surface area contributed by atoms with E-state index in [1.54, 1.807) is 13.8 Å². The molecule has 0 radical (unpaired) electrons. The fraction of sp³-hybridized carbons (Fsp3) is 0.600. The van der Waals surface area contributed by atoms with Crippen molar-refractivity contribution in [2.75, 3.05) is 6.61 Å². The predicted molar refractivity (Wildman–Crippen MR) is 75.0 cm³/mol. The number of nitrogens with zero attached hydrogens (tertiary/aromatic N) is 1. The molecule has 0 aliphatic rings. The van der Waals surface area contributed by atoms with E-state index in [0.717, 1.165) is 6.42 Å². The number of hydrogen-bond acceptors (Lipinski definition) is 4. The first-order valence-electron chi connectivity index (χ1n) is 7.00. The number of aryl methyl sites for hydroxylation is 1. The lowest BCUT2D eigenvalue weighted by molar-refractivity contribution is 0.0518. The Morgan fingerprint density at radius 1 is 1.32 bits per heavy atom. The molecule has 0 saturated carbocycles. The van der Waals surface area contributed by atoms with Crippen LogP contribution in [-0.4, -0.2) is 17.6 Å². The van der Waals surface area contributed by atoms with Gasteiger partial charge in [0.1, 0.15) is 5.76 Å². The van der Waals surface area contributed by atoms with Crippen LogP contribution in [0.3, 0.4) is 0 Å². The third-order valence-electron chi connectivity index (χ3n) is 2.77. The lowest BCUT2D eigenvalue weighted by atomic mass is 10.1. The maximum Gasteiger partial charge on any atom is 0.360 e. The van der Waals surface area contributed by atoms with E-state index in [0.29, 0.717) is 18.3 Å². The zero-order chi connectivity index (χ0) is 14.1. The molecule has 0 spiro atoms. The van der Waals surface area contributed by atoms with Crippen LogP contribution >= 0.6 is 0 Å². The molecule has 0 N–H and O–H groups in total. The third kappa shape index (κ3) is 5.28. The third-order valence-corrected chi connectivity index (χ3v) is 2.77. The van der Waals surface area contributed by atoms with Gasteiger partial charge in [0.05, 0.1) is 6.61 Å². The van der Waals surface area contributed by atoms with Crippen LogP contribution in [0.25, 0.3) is 6.08 Å². The van der Waals surface area contributed by atoms with Gasteiger partial charge in [-0.2, -0.15) is 0 Å². The Morgan fingerprint density at radius 3 is 2.79 bits per heavy atom. The quantitative estimate of drug-likeness (QED) is 0.523. The van der Waals surface area contributed by atoms with Gasteiger partial charge in [0.25, 0.3) is 0 Å². The van der Waals surface area contributed by atoms with Crippen molar-refractivity contribution in [1.82, 2.24) is 4.98 Å². The van der Waals surface area contributed by atoms with Gasteiger partial charge in [-0.15, -0.1) is 0 Å². The van der Waals surface area contributed by atoms with Gasteiger partial charge in [-0.3, -0.25) is 0 Å². The van der Waals surface area contributed by atoms with Crippen LogP contribution in [0.5, 0.6) is 0 Å². The smallest absolute Gasteiger partial charge is 0.360 e. The van der Waals surface area contributed by atoms with Crippen molar-refractivity contribution in [2.24, 2.45) is 0 Å². The van der Waals surface area contributed by atoms with E-state index in [9.17, 15) is 4.79 Å².